The number of ketones is 1. The molecule has 0 heterocycles. The fraction of sp³-hybridized carbons (Fsp3) is 0.292. The number of Topliss-reactive ketones (excluding diaryl/α,β-unsaturated/α-hetero) is 1. The molecule has 0 fully saturated rings. The number of amidine groups is 1. The Hall–Kier alpha value is -3.61. The van der Waals surface area contributed by atoms with Crippen molar-refractivity contribution in [3.05, 3.63) is 59.7 Å². The normalized spacial score (nSPS) is 11.4. The summed E-state index contributed by atoms with van der Waals surface area (Å²) in [4.78, 5) is 30.1. The SMILES string of the molecule is C=C(c1cc(C(C)C)c(O)cc1O)N(C(=NC)C(=O)NCC)c1ccc(C(C)=O)cc1. The van der Waals surface area contributed by atoms with Crippen LogP contribution in [0.5, 0.6) is 11.5 Å². The van der Waals surface area contributed by atoms with Crippen molar-refractivity contribution in [3.8, 4) is 11.5 Å². The number of aromatic hydroxyl groups is 2. The third-order valence-electron chi connectivity index (χ3n) is 4.84. The van der Waals surface area contributed by atoms with Crippen molar-refractivity contribution in [1.82, 2.24) is 5.32 Å². The van der Waals surface area contributed by atoms with Gasteiger partial charge in [-0.3, -0.25) is 19.5 Å². The average molecular weight is 424 g/mol. The smallest absolute Gasteiger partial charge is 0.287 e. The minimum absolute atomic E-state index is 0.00171. The molecule has 31 heavy (non-hydrogen) atoms. The standard InChI is InChI=1S/C24H29N3O4/c1-7-26-24(31)23(25-6)27(18-10-8-17(9-11-18)16(5)28)15(4)20-12-19(14(2)3)21(29)13-22(20)30/h8-14,29-30H,4,7H2,1-3,5-6H3,(H,26,31). The van der Waals surface area contributed by atoms with E-state index in [1.54, 1.807) is 37.3 Å². The average Bonchev–Trinajstić information content (AvgIpc) is 2.71. The molecule has 0 unspecified atom stereocenters. The summed E-state index contributed by atoms with van der Waals surface area (Å²) >= 11 is 0. The van der Waals surface area contributed by atoms with Crippen LogP contribution in [0.15, 0.2) is 48.0 Å². The van der Waals surface area contributed by atoms with Gasteiger partial charge in [0.2, 0.25) is 0 Å². The Balaban J connectivity index is 2.67. The van der Waals surface area contributed by atoms with Crippen molar-refractivity contribution in [3.63, 3.8) is 0 Å². The van der Waals surface area contributed by atoms with Gasteiger partial charge in [-0.1, -0.05) is 20.4 Å². The van der Waals surface area contributed by atoms with Crippen molar-refractivity contribution in [2.24, 2.45) is 4.99 Å². The Morgan fingerprint density at radius 3 is 2.23 bits per heavy atom. The Morgan fingerprint density at radius 1 is 1.13 bits per heavy atom. The highest BCUT2D eigenvalue weighted by Crippen LogP contribution is 2.37. The lowest BCUT2D eigenvalue weighted by atomic mass is 9.97. The molecule has 0 aromatic heterocycles. The van der Waals surface area contributed by atoms with Gasteiger partial charge in [-0.2, -0.15) is 0 Å². The van der Waals surface area contributed by atoms with Crippen LogP contribution >= 0.6 is 0 Å². The molecule has 2 aromatic carbocycles. The maximum atomic E-state index is 12.7. The molecule has 0 saturated carbocycles. The highest BCUT2D eigenvalue weighted by Gasteiger charge is 2.26. The van der Waals surface area contributed by atoms with Gasteiger partial charge in [-0.15, -0.1) is 0 Å². The van der Waals surface area contributed by atoms with Gasteiger partial charge in [0.1, 0.15) is 11.5 Å². The Labute approximate surface area is 182 Å². The van der Waals surface area contributed by atoms with Crippen molar-refractivity contribution in [2.75, 3.05) is 18.5 Å². The number of hydrogen-bond acceptors (Lipinski definition) is 5. The quantitative estimate of drug-likeness (QED) is 0.369. The number of rotatable bonds is 6. The first-order chi connectivity index (χ1) is 14.6. The second-order valence-electron chi connectivity index (χ2n) is 7.37. The van der Waals surface area contributed by atoms with Crippen LogP contribution in [0.4, 0.5) is 5.69 Å². The summed E-state index contributed by atoms with van der Waals surface area (Å²) in [6, 6.07) is 9.60. The summed E-state index contributed by atoms with van der Waals surface area (Å²) < 4.78 is 0. The van der Waals surface area contributed by atoms with Crippen LogP contribution in [0.25, 0.3) is 5.70 Å². The molecule has 0 radical (unpaired) electrons. The molecule has 7 nitrogen and oxygen atoms in total. The summed E-state index contributed by atoms with van der Waals surface area (Å²) in [5.41, 5.74) is 2.34. The number of aliphatic imine (C=N–C) groups is 1. The molecule has 164 valence electrons. The number of anilines is 1. The lowest BCUT2D eigenvalue weighted by Crippen LogP contribution is -2.42. The van der Waals surface area contributed by atoms with Crippen molar-refractivity contribution in [1.29, 1.82) is 0 Å². The fourth-order valence-corrected chi connectivity index (χ4v) is 3.20. The third kappa shape index (κ3) is 5.12. The highest BCUT2D eigenvalue weighted by atomic mass is 16.3. The number of nitrogens with zero attached hydrogens (tertiary/aromatic N) is 2. The minimum Gasteiger partial charge on any atom is -0.508 e. The predicted octanol–water partition coefficient (Wildman–Crippen LogP) is 4.07. The number of phenolic OH excluding ortho intramolecular Hbond substituents is 2. The lowest BCUT2D eigenvalue weighted by molar-refractivity contribution is -0.114. The Bertz CT molecular complexity index is 1020. The molecule has 0 aliphatic rings. The first-order valence-corrected chi connectivity index (χ1v) is 10.0. The van der Waals surface area contributed by atoms with Gasteiger partial charge in [0.15, 0.2) is 11.6 Å². The number of carbonyl (C=O) groups is 2. The van der Waals surface area contributed by atoms with E-state index in [1.165, 1.54) is 24.9 Å². The first-order valence-electron chi connectivity index (χ1n) is 10.0. The maximum Gasteiger partial charge on any atom is 0.287 e. The third-order valence-corrected chi connectivity index (χ3v) is 4.84. The zero-order valence-electron chi connectivity index (χ0n) is 18.6. The van der Waals surface area contributed by atoms with Crippen molar-refractivity contribution < 1.29 is 19.8 Å². The van der Waals surface area contributed by atoms with Gasteiger partial charge < -0.3 is 15.5 Å². The van der Waals surface area contributed by atoms with Crippen LogP contribution in [0.3, 0.4) is 0 Å². The van der Waals surface area contributed by atoms with Crippen LogP contribution in [0, 0.1) is 0 Å². The van der Waals surface area contributed by atoms with Gasteiger partial charge in [0, 0.05) is 36.5 Å². The topological polar surface area (TPSA) is 102 Å². The summed E-state index contributed by atoms with van der Waals surface area (Å²) in [6.07, 6.45) is 0. The molecule has 0 spiro atoms. The minimum atomic E-state index is -0.413. The van der Waals surface area contributed by atoms with Gasteiger partial charge >= 0.3 is 0 Å². The van der Waals surface area contributed by atoms with Gasteiger partial charge in [0.25, 0.3) is 5.91 Å². The van der Waals surface area contributed by atoms with Crippen LogP contribution in [-0.2, 0) is 4.79 Å². The van der Waals surface area contributed by atoms with Gasteiger partial charge in [-0.05, 0) is 55.7 Å². The van der Waals surface area contributed by atoms with Crippen molar-refractivity contribution >= 4 is 28.9 Å². The van der Waals surface area contributed by atoms with E-state index >= 15 is 0 Å². The second kappa shape index (κ2) is 9.93. The monoisotopic (exact) mass is 423 g/mol. The summed E-state index contributed by atoms with van der Waals surface area (Å²) in [6.45, 7) is 11.6. The number of phenols is 2. The molecule has 7 heteroatoms. The highest BCUT2D eigenvalue weighted by molar-refractivity contribution is 6.45. The van der Waals surface area contributed by atoms with E-state index in [-0.39, 0.29) is 29.0 Å². The van der Waals surface area contributed by atoms with E-state index in [2.05, 4.69) is 16.9 Å². The van der Waals surface area contributed by atoms with Crippen LogP contribution in [0.1, 0.15) is 55.1 Å². The summed E-state index contributed by atoms with van der Waals surface area (Å²) in [7, 11) is 1.49. The molecule has 0 atom stereocenters. The molecule has 1 amide bonds. The Kier molecular flexibility index (Phi) is 7.58. The summed E-state index contributed by atoms with van der Waals surface area (Å²) in [5.74, 6) is -0.621. The number of benzene rings is 2. The number of nitrogens with one attached hydrogen (secondary N) is 1. The number of hydrogen-bond donors (Lipinski definition) is 3. The van der Waals surface area contributed by atoms with Crippen LogP contribution in [-0.4, -0.2) is 41.3 Å². The number of likely N-dealkylation sites (N-methyl/N-ethyl adjacent to an activating group) is 1. The maximum absolute atomic E-state index is 12.7. The van der Waals surface area contributed by atoms with Gasteiger partial charge in [0.05, 0.1) is 5.70 Å². The van der Waals surface area contributed by atoms with E-state index in [0.29, 0.717) is 34.6 Å². The number of amides is 1. The molecule has 3 N–H and O–H groups in total. The predicted molar refractivity (Wildman–Crippen MR) is 124 cm³/mol. The zero-order chi connectivity index (χ0) is 23.3. The summed E-state index contributed by atoms with van der Waals surface area (Å²) in [5, 5.41) is 23.5. The van der Waals surface area contributed by atoms with Crippen LogP contribution < -0.4 is 10.2 Å². The van der Waals surface area contributed by atoms with E-state index in [9.17, 15) is 19.8 Å². The largest absolute Gasteiger partial charge is 0.508 e. The first kappa shape index (κ1) is 23.7. The fourth-order valence-electron chi connectivity index (χ4n) is 3.20. The molecular weight excluding hydrogens is 394 g/mol. The van der Waals surface area contributed by atoms with Crippen LogP contribution in [0.2, 0.25) is 0 Å². The second-order valence-corrected chi connectivity index (χ2v) is 7.37. The molecule has 2 rings (SSSR count). The molecule has 0 bridgehead atoms. The molecule has 0 aliphatic carbocycles. The molecule has 0 aliphatic heterocycles. The Morgan fingerprint density at radius 2 is 1.74 bits per heavy atom. The van der Waals surface area contributed by atoms with E-state index in [1.807, 2.05) is 13.8 Å². The van der Waals surface area contributed by atoms with Gasteiger partial charge in [-0.25, -0.2) is 0 Å². The van der Waals surface area contributed by atoms with Crippen molar-refractivity contribution in [2.45, 2.75) is 33.6 Å². The van der Waals surface area contributed by atoms with E-state index < -0.39 is 5.91 Å². The lowest BCUT2D eigenvalue weighted by Gasteiger charge is -2.28. The van der Waals surface area contributed by atoms with E-state index in [0.717, 1.165) is 0 Å². The molecule has 0 saturated heterocycles. The molecule has 2 aromatic rings. The zero-order valence-corrected chi connectivity index (χ0v) is 18.6. The number of carbonyl (C=O) groups excluding carboxylic acids is 2. The van der Waals surface area contributed by atoms with E-state index in [4.69, 9.17) is 0 Å². The molecular formula is C24H29N3O4.